The lowest BCUT2D eigenvalue weighted by Crippen LogP contribution is -2.68. The van der Waals surface area contributed by atoms with E-state index in [1.165, 1.54) is 44.6 Å². The lowest BCUT2D eigenvalue weighted by atomic mass is 10.1. The summed E-state index contributed by atoms with van der Waals surface area (Å²) in [6, 6.07) is 5.84. The van der Waals surface area contributed by atoms with Crippen molar-refractivity contribution in [1.82, 2.24) is 15.4 Å². The standard InChI is InChI=1S/C17H21FN4O7S/c1-11(23)29-13(10-18)17(19-14(27-2)9-15(20-17)28-3)21-16(24)22-30(25,26)12-7-5-4-6-8-12/h4-9,13,19H,10H2,1-3H3,(H2,21,22,24). The molecule has 0 bridgehead atoms. The molecule has 0 spiro atoms. The molecule has 0 saturated heterocycles. The van der Waals surface area contributed by atoms with Crippen LogP contribution in [0, 0.1) is 0 Å². The van der Waals surface area contributed by atoms with Crippen molar-refractivity contribution in [1.29, 1.82) is 0 Å². The highest BCUT2D eigenvalue weighted by Gasteiger charge is 2.47. The number of benzene rings is 1. The lowest BCUT2D eigenvalue weighted by Gasteiger charge is -2.39. The number of amides is 2. The van der Waals surface area contributed by atoms with Gasteiger partial charge >= 0.3 is 12.0 Å². The van der Waals surface area contributed by atoms with Crippen LogP contribution in [0.25, 0.3) is 0 Å². The molecule has 164 valence electrons. The van der Waals surface area contributed by atoms with E-state index in [0.29, 0.717) is 0 Å². The molecule has 2 unspecified atom stereocenters. The number of ether oxygens (including phenoxy) is 3. The van der Waals surface area contributed by atoms with Crippen LogP contribution in [0.3, 0.4) is 0 Å². The molecule has 0 aromatic heterocycles. The molecule has 2 amide bonds. The Balaban J connectivity index is 2.38. The Morgan fingerprint density at radius 2 is 1.90 bits per heavy atom. The zero-order valence-corrected chi connectivity index (χ0v) is 17.2. The summed E-state index contributed by atoms with van der Waals surface area (Å²) in [6.07, 6.45) is -0.397. The van der Waals surface area contributed by atoms with Crippen molar-refractivity contribution in [3.8, 4) is 0 Å². The van der Waals surface area contributed by atoms with Crippen LogP contribution in [-0.2, 0) is 29.0 Å². The summed E-state index contributed by atoms with van der Waals surface area (Å²) < 4.78 is 55.4. The molecule has 0 aliphatic carbocycles. The van der Waals surface area contributed by atoms with E-state index in [9.17, 15) is 22.4 Å². The van der Waals surface area contributed by atoms with Crippen molar-refractivity contribution in [3.05, 3.63) is 42.3 Å². The van der Waals surface area contributed by atoms with Gasteiger partial charge in [0.1, 0.15) is 6.67 Å². The van der Waals surface area contributed by atoms with Gasteiger partial charge in [0.2, 0.25) is 5.90 Å². The Hall–Kier alpha value is -3.35. The lowest BCUT2D eigenvalue weighted by molar-refractivity contribution is -0.153. The minimum Gasteiger partial charge on any atom is -0.482 e. The molecule has 30 heavy (non-hydrogen) atoms. The van der Waals surface area contributed by atoms with Gasteiger partial charge in [-0.3, -0.25) is 10.1 Å². The van der Waals surface area contributed by atoms with E-state index >= 15 is 0 Å². The molecule has 3 N–H and O–H groups in total. The van der Waals surface area contributed by atoms with Gasteiger partial charge in [-0.2, -0.15) is 4.99 Å². The van der Waals surface area contributed by atoms with Gasteiger partial charge in [-0.05, 0) is 12.1 Å². The van der Waals surface area contributed by atoms with Crippen molar-refractivity contribution in [2.75, 3.05) is 20.9 Å². The highest BCUT2D eigenvalue weighted by Crippen LogP contribution is 2.21. The van der Waals surface area contributed by atoms with Crippen molar-refractivity contribution >= 4 is 27.9 Å². The molecule has 2 atom stereocenters. The van der Waals surface area contributed by atoms with Crippen LogP contribution >= 0.6 is 0 Å². The number of esters is 1. The maximum absolute atomic E-state index is 13.8. The summed E-state index contributed by atoms with van der Waals surface area (Å²) in [7, 11) is -1.71. The average Bonchev–Trinajstić information content (AvgIpc) is 2.71. The van der Waals surface area contributed by atoms with Gasteiger partial charge in [0.25, 0.3) is 15.8 Å². The number of aliphatic imine (C=N–C) groups is 1. The second-order valence-corrected chi connectivity index (χ2v) is 7.57. The van der Waals surface area contributed by atoms with Gasteiger partial charge in [0, 0.05) is 6.92 Å². The topological polar surface area (TPSA) is 144 Å². The van der Waals surface area contributed by atoms with Crippen LogP contribution in [0.1, 0.15) is 6.92 Å². The Kier molecular flexibility index (Phi) is 7.21. The molecule has 1 aromatic carbocycles. The molecule has 1 aromatic rings. The summed E-state index contributed by atoms with van der Waals surface area (Å²) in [5.74, 6) is -3.15. The van der Waals surface area contributed by atoms with Gasteiger partial charge in [0.05, 0.1) is 25.2 Å². The number of urea groups is 1. The molecule has 1 aliphatic rings. The Bertz CT molecular complexity index is 952. The minimum absolute atomic E-state index is 0.0151. The minimum atomic E-state index is -4.25. The maximum Gasteiger partial charge on any atom is 0.332 e. The van der Waals surface area contributed by atoms with Crippen LogP contribution in [0.5, 0.6) is 0 Å². The maximum atomic E-state index is 13.8. The first-order valence-corrected chi connectivity index (χ1v) is 9.95. The number of nitrogens with one attached hydrogen (secondary N) is 3. The number of methoxy groups -OCH3 is 2. The van der Waals surface area contributed by atoms with Gasteiger partial charge in [-0.15, -0.1) is 0 Å². The first-order chi connectivity index (χ1) is 14.2. The number of sulfonamides is 1. The van der Waals surface area contributed by atoms with E-state index in [2.05, 4.69) is 15.6 Å². The Labute approximate surface area is 172 Å². The Morgan fingerprint density at radius 1 is 1.23 bits per heavy atom. The first-order valence-electron chi connectivity index (χ1n) is 8.46. The van der Waals surface area contributed by atoms with Crippen LogP contribution in [-0.4, -0.2) is 59.1 Å². The molecular weight excluding hydrogens is 423 g/mol. The van der Waals surface area contributed by atoms with Crippen molar-refractivity contribution in [3.63, 3.8) is 0 Å². The fraction of sp³-hybridized carbons (Fsp3) is 0.353. The summed E-state index contributed by atoms with van der Waals surface area (Å²) in [4.78, 5) is 27.8. The number of halogens is 1. The molecule has 0 radical (unpaired) electrons. The predicted molar refractivity (Wildman–Crippen MR) is 102 cm³/mol. The largest absolute Gasteiger partial charge is 0.482 e. The molecule has 2 rings (SSSR count). The normalized spacial score (nSPS) is 19.3. The van der Waals surface area contributed by atoms with E-state index in [1.807, 2.05) is 0 Å². The fourth-order valence-corrected chi connectivity index (χ4v) is 3.41. The van der Waals surface area contributed by atoms with Gasteiger partial charge in [0.15, 0.2) is 12.0 Å². The third kappa shape index (κ3) is 5.37. The number of hydrogen-bond donors (Lipinski definition) is 3. The molecule has 1 aliphatic heterocycles. The summed E-state index contributed by atoms with van der Waals surface area (Å²) in [6.45, 7) is -0.247. The predicted octanol–water partition coefficient (Wildman–Crippen LogP) is 0.365. The first kappa shape index (κ1) is 22.9. The molecule has 0 saturated carbocycles. The number of hydrogen-bond acceptors (Lipinski definition) is 9. The molecule has 0 fully saturated rings. The van der Waals surface area contributed by atoms with Crippen molar-refractivity contribution in [2.45, 2.75) is 23.7 Å². The fourth-order valence-electron chi connectivity index (χ4n) is 2.48. The third-order valence-electron chi connectivity index (χ3n) is 3.78. The molecule has 13 heteroatoms. The van der Waals surface area contributed by atoms with E-state index in [4.69, 9.17) is 14.2 Å². The van der Waals surface area contributed by atoms with Gasteiger partial charge < -0.3 is 19.5 Å². The van der Waals surface area contributed by atoms with E-state index in [1.54, 1.807) is 10.8 Å². The van der Waals surface area contributed by atoms with Crippen molar-refractivity contribution in [2.24, 2.45) is 4.99 Å². The smallest absolute Gasteiger partial charge is 0.332 e. The van der Waals surface area contributed by atoms with E-state index in [0.717, 1.165) is 6.92 Å². The summed E-state index contributed by atoms with van der Waals surface area (Å²) >= 11 is 0. The second kappa shape index (κ2) is 9.43. The number of carbonyl (C=O) groups is 2. The highest BCUT2D eigenvalue weighted by molar-refractivity contribution is 7.90. The average molecular weight is 444 g/mol. The molecule has 11 nitrogen and oxygen atoms in total. The van der Waals surface area contributed by atoms with Crippen LogP contribution in [0.4, 0.5) is 9.18 Å². The summed E-state index contributed by atoms with van der Waals surface area (Å²) in [5, 5.41) is 4.78. The quantitative estimate of drug-likeness (QED) is 0.512. The van der Waals surface area contributed by atoms with Gasteiger partial charge in [-0.1, -0.05) is 18.2 Å². The zero-order valence-electron chi connectivity index (χ0n) is 16.3. The zero-order chi connectivity index (χ0) is 22.4. The van der Waals surface area contributed by atoms with Crippen LogP contribution in [0.15, 0.2) is 52.2 Å². The molecular formula is C17H21FN4O7S. The highest BCUT2D eigenvalue weighted by atomic mass is 32.2. The number of nitrogens with zero attached hydrogens (tertiary/aromatic N) is 1. The SMILES string of the molecule is COC1=CC(OC)=NC(NC(=O)NS(=O)(=O)c2ccccc2)(C(CF)OC(C)=O)N1. The van der Waals surface area contributed by atoms with E-state index < -0.39 is 40.6 Å². The number of carbonyl (C=O) groups excluding carboxylic acids is 2. The monoisotopic (exact) mass is 444 g/mol. The Morgan fingerprint density at radius 3 is 2.43 bits per heavy atom. The van der Waals surface area contributed by atoms with Crippen molar-refractivity contribution < 1.29 is 36.6 Å². The summed E-state index contributed by atoms with van der Waals surface area (Å²) in [5.41, 5.74) is 0. The molecule has 1 heterocycles. The second-order valence-electron chi connectivity index (χ2n) is 5.88. The van der Waals surface area contributed by atoms with Gasteiger partial charge in [-0.25, -0.2) is 22.3 Å². The van der Waals surface area contributed by atoms with Crippen LogP contribution in [0.2, 0.25) is 0 Å². The number of alkyl halides is 1. The van der Waals surface area contributed by atoms with Crippen LogP contribution < -0.4 is 15.4 Å². The van der Waals surface area contributed by atoms with E-state index in [-0.39, 0.29) is 16.7 Å². The number of rotatable bonds is 7. The third-order valence-corrected chi connectivity index (χ3v) is 5.13.